The predicted octanol–water partition coefficient (Wildman–Crippen LogP) is 3.35. The number of nitrogens with one attached hydrogen (secondary N) is 1. The van der Waals surface area contributed by atoms with Crippen LogP contribution < -0.4 is 5.32 Å². The van der Waals surface area contributed by atoms with Gasteiger partial charge in [-0.15, -0.1) is 0 Å². The van der Waals surface area contributed by atoms with Crippen molar-refractivity contribution in [3.63, 3.8) is 0 Å². The Morgan fingerprint density at radius 1 is 1.48 bits per heavy atom. The number of carboxylic acids is 1. The lowest BCUT2D eigenvalue weighted by atomic mass is 9.76. The van der Waals surface area contributed by atoms with Crippen LogP contribution in [0.4, 0.5) is 4.39 Å². The number of aliphatic carboxylic acids is 1. The Hall–Kier alpha value is -1.43. The van der Waals surface area contributed by atoms with Crippen LogP contribution in [0.25, 0.3) is 0 Å². The normalized spacial score (nSPS) is 25.4. The smallest absolute Gasteiger partial charge is 0.329 e. The van der Waals surface area contributed by atoms with Crippen LogP contribution in [0.1, 0.15) is 43.0 Å². The molecule has 2 atom stereocenters. The Labute approximate surface area is 130 Å². The first kappa shape index (κ1) is 15.9. The number of rotatable bonds is 3. The summed E-state index contributed by atoms with van der Waals surface area (Å²) in [5, 5.41) is 12.1. The third-order valence-corrected chi connectivity index (χ3v) is 4.57. The molecule has 1 aliphatic rings. The summed E-state index contributed by atoms with van der Waals surface area (Å²) in [4.78, 5) is 23.9. The number of hydrogen-bond acceptors (Lipinski definition) is 2. The molecule has 114 valence electrons. The van der Waals surface area contributed by atoms with Gasteiger partial charge in [-0.05, 0) is 46.8 Å². The molecule has 1 fully saturated rings. The molecule has 4 nitrogen and oxygen atoms in total. The van der Waals surface area contributed by atoms with E-state index in [1.807, 2.05) is 6.92 Å². The van der Waals surface area contributed by atoms with E-state index in [1.54, 1.807) is 6.07 Å². The summed E-state index contributed by atoms with van der Waals surface area (Å²) in [7, 11) is 0. The largest absolute Gasteiger partial charge is 0.480 e. The molecule has 1 aromatic rings. The van der Waals surface area contributed by atoms with Gasteiger partial charge in [-0.1, -0.05) is 25.8 Å². The van der Waals surface area contributed by atoms with Gasteiger partial charge in [0.05, 0.1) is 10.0 Å². The maximum Gasteiger partial charge on any atom is 0.329 e. The average Bonchev–Trinajstić information content (AvgIpc) is 2.41. The fourth-order valence-corrected chi connectivity index (χ4v) is 3.24. The first-order valence-corrected chi connectivity index (χ1v) is 7.65. The molecule has 1 aliphatic carbocycles. The van der Waals surface area contributed by atoms with Crippen molar-refractivity contribution in [2.75, 3.05) is 0 Å². The number of benzene rings is 1. The SMILES string of the molecule is CC1CCCC(NC(=O)c2cccc(Br)c2F)(C(=O)O)C1. The van der Waals surface area contributed by atoms with E-state index in [0.717, 1.165) is 12.8 Å². The van der Waals surface area contributed by atoms with Crippen LogP contribution in [0.2, 0.25) is 0 Å². The molecule has 0 aliphatic heterocycles. The minimum Gasteiger partial charge on any atom is -0.480 e. The molecule has 1 amide bonds. The molecule has 2 N–H and O–H groups in total. The van der Waals surface area contributed by atoms with E-state index in [9.17, 15) is 19.1 Å². The summed E-state index contributed by atoms with van der Waals surface area (Å²) in [6.45, 7) is 1.96. The first-order chi connectivity index (χ1) is 9.85. The lowest BCUT2D eigenvalue weighted by Crippen LogP contribution is -2.56. The molecule has 0 radical (unpaired) electrons. The highest BCUT2D eigenvalue weighted by Crippen LogP contribution is 2.33. The zero-order valence-electron chi connectivity index (χ0n) is 11.7. The number of carbonyl (C=O) groups is 2. The standard InChI is InChI=1S/C15H17BrFNO3/c1-9-4-3-7-15(8-9,14(20)21)18-13(19)10-5-2-6-11(16)12(10)17/h2,5-6,9H,3-4,7-8H2,1H3,(H,18,19)(H,20,21). The zero-order chi connectivity index (χ0) is 15.6. The summed E-state index contributed by atoms with van der Waals surface area (Å²) >= 11 is 3.02. The second kappa shape index (κ2) is 6.13. The third kappa shape index (κ3) is 3.26. The van der Waals surface area contributed by atoms with Crippen molar-refractivity contribution >= 4 is 27.8 Å². The highest BCUT2D eigenvalue weighted by Gasteiger charge is 2.43. The van der Waals surface area contributed by atoms with Crippen LogP contribution >= 0.6 is 15.9 Å². The highest BCUT2D eigenvalue weighted by atomic mass is 79.9. The van der Waals surface area contributed by atoms with E-state index in [2.05, 4.69) is 21.2 Å². The van der Waals surface area contributed by atoms with Crippen molar-refractivity contribution in [3.05, 3.63) is 34.1 Å². The molecule has 1 aromatic carbocycles. The Balaban J connectivity index is 2.27. The third-order valence-electron chi connectivity index (χ3n) is 3.96. The van der Waals surface area contributed by atoms with Crippen molar-refractivity contribution < 1.29 is 19.1 Å². The van der Waals surface area contributed by atoms with Gasteiger partial charge in [0.2, 0.25) is 0 Å². The monoisotopic (exact) mass is 357 g/mol. The first-order valence-electron chi connectivity index (χ1n) is 6.85. The van der Waals surface area contributed by atoms with Gasteiger partial charge in [-0.3, -0.25) is 4.79 Å². The molecular weight excluding hydrogens is 341 g/mol. The number of amides is 1. The summed E-state index contributed by atoms with van der Waals surface area (Å²) in [5.74, 6) is -2.22. The van der Waals surface area contributed by atoms with Crippen LogP contribution in [0.3, 0.4) is 0 Å². The van der Waals surface area contributed by atoms with E-state index >= 15 is 0 Å². The van der Waals surface area contributed by atoms with Gasteiger partial charge in [0.1, 0.15) is 11.4 Å². The van der Waals surface area contributed by atoms with Gasteiger partial charge < -0.3 is 10.4 Å². The summed E-state index contributed by atoms with van der Waals surface area (Å²) < 4.78 is 14.1. The van der Waals surface area contributed by atoms with Gasteiger partial charge in [-0.2, -0.15) is 0 Å². The van der Waals surface area contributed by atoms with Crippen LogP contribution in [0.5, 0.6) is 0 Å². The second-order valence-corrected chi connectivity index (χ2v) is 6.50. The Bertz CT molecular complexity index is 578. The molecule has 2 rings (SSSR count). The maximum absolute atomic E-state index is 14.0. The number of halogens is 2. The van der Waals surface area contributed by atoms with Gasteiger partial charge in [0.25, 0.3) is 5.91 Å². The fourth-order valence-electron chi connectivity index (χ4n) is 2.88. The fraction of sp³-hybridized carbons (Fsp3) is 0.467. The van der Waals surface area contributed by atoms with Gasteiger partial charge >= 0.3 is 5.97 Å². The molecule has 0 saturated heterocycles. The topological polar surface area (TPSA) is 66.4 Å². The molecule has 2 unspecified atom stereocenters. The van der Waals surface area contributed by atoms with Crippen molar-refractivity contribution in [2.45, 2.75) is 38.1 Å². The predicted molar refractivity (Wildman–Crippen MR) is 79.6 cm³/mol. The minimum atomic E-state index is -1.30. The average molecular weight is 358 g/mol. The molecule has 0 spiro atoms. The van der Waals surface area contributed by atoms with Gasteiger partial charge in [0, 0.05) is 0 Å². The number of hydrogen-bond donors (Lipinski definition) is 2. The zero-order valence-corrected chi connectivity index (χ0v) is 13.2. The summed E-state index contributed by atoms with van der Waals surface area (Å²) in [6.07, 6.45) is 2.41. The van der Waals surface area contributed by atoms with Crippen LogP contribution in [0, 0.1) is 11.7 Å². The van der Waals surface area contributed by atoms with Crippen molar-refractivity contribution in [2.24, 2.45) is 5.92 Å². The minimum absolute atomic E-state index is 0.150. The second-order valence-electron chi connectivity index (χ2n) is 5.64. The molecule has 1 saturated carbocycles. The van der Waals surface area contributed by atoms with Crippen molar-refractivity contribution in [1.29, 1.82) is 0 Å². The van der Waals surface area contributed by atoms with Gasteiger partial charge in [0.15, 0.2) is 0 Å². The van der Waals surface area contributed by atoms with E-state index in [-0.39, 0.29) is 16.0 Å². The quantitative estimate of drug-likeness (QED) is 0.871. The van der Waals surface area contributed by atoms with E-state index in [0.29, 0.717) is 12.8 Å². The Morgan fingerprint density at radius 3 is 2.81 bits per heavy atom. The molecule has 0 heterocycles. The lowest BCUT2D eigenvalue weighted by Gasteiger charge is -2.37. The Morgan fingerprint density at radius 2 is 2.19 bits per heavy atom. The number of carboxylic acid groups (broad SMARTS) is 1. The molecule has 21 heavy (non-hydrogen) atoms. The van der Waals surface area contributed by atoms with Crippen LogP contribution in [0.15, 0.2) is 22.7 Å². The molecular formula is C15H17BrFNO3. The van der Waals surface area contributed by atoms with Crippen molar-refractivity contribution in [3.8, 4) is 0 Å². The Kier molecular flexibility index (Phi) is 4.66. The van der Waals surface area contributed by atoms with Crippen LogP contribution in [-0.2, 0) is 4.79 Å². The molecule has 0 aromatic heterocycles. The van der Waals surface area contributed by atoms with E-state index in [1.165, 1.54) is 12.1 Å². The lowest BCUT2D eigenvalue weighted by molar-refractivity contribution is -0.146. The van der Waals surface area contributed by atoms with E-state index in [4.69, 9.17) is 0 Å². The molecule has 6 heteroatoms. The maximum atomic E-state index is 14.0. The molecule has 0 bridgehead atoms. The van der Waals surface area contributed by atoms with E-state index < -0.39 is 23.2 Å². The van der Waals surface area contributed by atoms with Crippen LogP contribution in [-0.4, -0.2) is 22.5 Å². The summed E-state index contributed by atoms with van der Waals surface area (Å²) in [5.41, 5.74) is -1.45. The summed E-state index contributed by atoms with van der Waals surface area (Å²) in [6, 6.07) is 4.37. The van der Waals surface area contributed by atoms with Gasteiger partial charge in [-0.25, -0.2) is 9.18 Å². The number of carbonyl (C=O) groups excluding carboxylic acids is 1. The highest BCUT2D eigenvalue weighted by molar-refractivity contribution is 9.10. The van der Waals surface area contributed by atoms with Crippen molar-refractivity contribution in [1.82, 2.24) is 5.32 Å².